The minimum absolute atomic E-state index is 0.0641. The average Bonchev–Trinajstić information content (AvgIpc) is 3.45. The van der Waals surface area contributed by atoms with Gasteiger partial charge in [-0.15, -0.1) is 0 Å². The Hall–Kier alpha value is -2.11. The van der Waals surface area contributed by atoms with E-state index in [2.05, 4.69) is 45.1 Å². The Morgan fingerprint density at radius 2 is 0.456 bits per heavy atom. The van der Waals surface area contributed by atoms with Gasteiger partial charge in [-0.2, -0.15) is 0 Å². The molecule has 0 amide bonds. The molecule has 0 aliphatic rings. The molecule has 6 heteroatoms. The van der Waals surface area contributed by atoms with E-state index >= 15 is 0 Å². The third-order valence-corrected chi connectivity index (χ3v) is 16.5. The zero-order valence-electron chi connectivity index (χ0n) is 53.7. The Morgan fingerprint density at radius 3 is 0.696 bits per heavy atom. The minimum Gasteiger partial charge on any atom is -0.462 e. The van der Waals surface area contributed by atoms with Crippen molar-refractivity contribution in [2.24, 2.45) is 0 Å². The number of allylic oxidation sites excluding steroid dienone is 4. The summed E-state index contributed by atoms with van der Waals surface area (Å²) in [7, 11) is 0. The Kier molecular flexibility index (Phi) is 66.6. The molecular formula is C73H138O6. The molecule has 0 N–H and O–H groups in total. The van der Waals surface area contributed by atoms with E-state index in [0.29, 0.717) is 19.3 Å². The molecule has 0 rings (SSSR count). The fourth-order valence-electron chi connectivity index (χ4n) is 11.1. The van der Waals surface area contributed by atoms with Crippen molar-refractivity contribution in [2.75, 3.05) is 13.2 Å². The highest BCUT2D eigenvalue weighted by Gasteiger charge is 2.19. The highest BCUT2D eigenvalue weighted by molar-refractivity contribution is 5.71. The van der Waals surface area contributed by atoms with Gasteiger partial charge in [-0.3, -0.25) is 14.4 Å². The number of ether oxygens (including phenoxy) is 3. The van der Waals surface area contributed by atoms with Crippen molar-refractivity contribution in [3.05, 3.63) is 24.3 Å². The Balaban J connectivity index is 4.12. The summed E-state index contributed by atoms with van der Waals surface area (Å²) in [5.74, 6) is -0.833. The summed E-state index contributed by atoms with van der Waals surface area (Å²) in [4.78, 5) is 38.3. The van der Waals surface area contributed by atoms with Crippen molar-refractivity contribution < 1.29 is 28.6 Å². The Labute approximate surface area is 493 Å². The molecule has 0 aromatic rings. The van der Waals surface area contributed by atoms with Crippen LogP contribution in [0.25, 0.3) is 0 Å². The lowest BCUT2D eigenvalue weighted by Gasteiger charge is -2.18. The third kappa shape index (κ3) is 66.6. The van der Waals surface area contributed by atoms with Gasteiger partial charge in [-0.1, -0.05) is 360 Å². The van der Waals surface area contributed by atoms with Gasteiger partial charge in [0.1, 0.15) is 13.2 Å². The molecular weight excluding hydrogens is 973 g/mol. The number of carbonyl (C=O) groups is 3. The van der Waals surface area contributed by atoms with E-state index in [1.165, 1.54) is 302 Å². The van der Waals surface area contributed by atoms with Gasteiger partial charge in [-0.25, -0.2) is 0 Å². The van der Waals surface area contributed by atoms with E-state index < -0.39 is 6.10 Å². The van der Waals surface area contributed by atoms with E-state index in [1.807, 2.05) is 0 Å². The van der Waals surface area contributed by atoms with Crippen LogP contribution in [-0.2, 0) is 28.6 Å². The SMILES string of the molecule is CCCCCCC/C=C\C/C=C\CCCCCCCCCCCCCCCCCC(=O)OCC(COC(=O)CCCCCCCCCCCC)OC(=O)CCCCCCCCCCCCCCCCCCCCCCCCCC. The largest absolute Gasteiger partial charge is 0.462 e. The van der Waals surface area contributed by atoms with Gasteiger partial charge in [0.15, 0.2) is 6.10 Å². The van der Waals surface area contributed by atoms with Crippen molar-refractivity contribution in [1.29, 1.82) is 0 Å². The fourth-order valence-corrected chi connectivity index (χ4v) is 11.1. The van der Waals surface area contributed by atoms with E-state index in [-0.39, 0.29) is 31.1 Å². The monoisotopic (exact) mass is 1110 g/mol. The van der Waals surface area contributed by atoms with E-state index in [1.54, 1.807) is 0 Å². The Morgan fingerprint density at radius 1 is 0.253 bits per heavy atom. The van der Waals surface area contributed by atoms with Crippen LogP contribution in [0.5, 0.6) is 0 Å². The van der Waals surface area contributed by atoms with Crippen molar-refractivity contribution in [3.8, 4) is 0 Å². The van der Waals surface area contributed by atoms with Crippen LogP contribution >= 0.6 is 0 Å². The first-order valence-electron chi connectivity index (χ1n) is 35.8. The van der Waals surface area contributed by atoms with Crippen molar-refractivity contribution in [1.82, 2.24) is 0 Å². The molecule has 0 aromatic carbocycles. The normalized spacial score (nSPS) is 12.1. The summed E-state index contributed by atoms with van der Waals surface area (Å²) in [6.45, 7) is 6.70. The van der Waals surface area contributed by atoms with Gasteiger partial charge in [0, 0.05) is 19.3 Å². The van der Waals surface area contributed by atoms with Gasteiger partial charge in [0.25, 0.3) is 0 Å². The number of esters is 3. The summed E-state index contributed by atoms with van der Waals surface area (Å²) in [5.41, 5.74) is 0. The summed E-state index contributed by atoms with van der Waals surface area (Å²) in [6, 6.07) is 0. The van der Waals surface area contributed by atoms with Gasteiger partial charge >= 0.3 is 17.9 Å². The zero-order valence-corrected chi connectivity index (χ0v) is 53.7. The molecule has 0 radical (unpaired) electrons. The predicted octanol–water partition coefficient (Wildman–Crippen LogP) is 24.6. The van der Waals surface area contributed by atoms with Crippen molar-refractivity contribution in [2.45, 2.75) is 412 Å². The number of hydrogen-bond acceptors (Lipinski definition) is 6. The van der Waals surface area contributed by atoms with Crippen LogP contribution in [0.1, 0.15) is 406 Å². The second kappa shape index (κ2) is 68.4. The van der Waals surface area contributed by atoms with Gasteiger partial charge < -0.3 is 14.2 Å². The molecule has 0 aromatic heterocycles. The van der Waals surface area contributed by atoms with E-state index in [0.717, 1.165) is 64.2 Å². The minimum atomic E-state index is -0.766. The average molecular weight is 1110 g/mol. The lowest BCUT2D eigenvalue weighted by molar-refractivity contribution is -0.167. The fraction of sp³-hybridized carbons (Fsp3) is 0.904. The van der Waals surface area contributed by atoms with Gasteiger partial charge in [0.2, 0.25) is 0 Å². The molecule has 6 nitrogen and oxygen atoms in total. The van der Waals surface area contributed by atoms with E-state index in [4.69, 9.17) is 14.2 Å². The lowest BCUT2D eigenvalue weighted by Crippen LogP contribution is -2.30. The summed E-state index contributed by atoms with van der Waals surface area (Å²) in [5, 5.41) is 0. The van der Waals surface area contributed by atoms with Crippen LogP contribution in [0, 0.1) is 0 Å². The molecule has 1 unspecified atom stereocenters. The van der Waals surface area contributed by atoms with Crippen LogP contribution in [0.3, 0.4) is 0 Å². The first kappa shape index (κ1) is 76.9. The molecule has 0 heterocycles. The maximum Gasteiger partial charge on any atom is 0.306 e. The van der Waals surface area contributed by atoms with E-state index in [9.17, 15) is 14.4 Å². The molecule has 0 spiro atoms. The van der Waals surface area contributed by atoms with Crippen LogP contribution < -0.4 is 0 Å². The molecule has 1 atom stereocenters. The summed E-state index contributed by atoms with van der Waals surface area (Å²) < 4.78 is 17.0. The zero-order chi connectivity index (χ0) is 57.1. The highest BCUT2D eigenvalue weighted by atomic mass is 16.6. The first-order valence-corrected chi connectivity index (χ1v) is 35.8. The molecule has 0 bridgehead atoms. The standard InChI is InChI=1S/C73H138O6/c1-4-7-10-13-16-19-22-24-26-28-30-32-34-36-37-38-40-41-43-45-47-49-51-54-57-60-63-66-72(75)78-69-70(68-77-71(74)65-62-59-56-53-21-18-15-12-9-6-3)79-73(76)67-64-61-58-55-52-50-48-46-44-42-39-35-33-31-29-27-25-23-20-17-14-11-8-5-2/h22,24,28,30,70H,4-21,23,25-27,29,31-69H2,1-3H3/b24-22-,30-28-. The third-order valence-electron chi connectivity index (χ3n) is 16.5. The topological polar surface area (TPSA) is 78.9 Å². The van der Waals surface area contributed by atoms with Crippen LogP contribution in [0.15, 0.2) is 24.3 Å². The van der Waals surface area contributed by atoms with Crippen LogP contribution in [0.2, 0.25) is 0 Å². The molecule has 0 aliphatic carbocycles. The number of unbranched alkanes of at least 4 members (excludes halogenated alkanes) is 52. The second-order valence-corrected chi connectivity index (χ2v) is 24.5. The smallest absolute Gasteiger partial charge is 0.306 e. The molecule has 79 heavy (non-hydrogen) atoms. The second-order valence-electron chi connectivity index (χ2n) is 24.5. The van der Waals surface area contributed by atoms with Crippen LogP contribution in [-0.4, -0.2) is 37.2 Å². The van der Waals surface area contributed by atoms with Crippen molar-refractivity contribution >= 4 is 17.9 Å². The first-order chi connectivity index (χ1) is 39.0. The van der Waals surface area contributed by atoms with Crippen LogP contribution in [0.4, 0.5) is 0 Å². The highest BCUT2D eigenvalue weighted by Crippen LogP contribution is 2.19. The predicted molar refractivity (Wildman–Crippen MR) is 344 cm³/mol. The van der Waals surface area contributed by atoms with Gasteiger partial charge in [-0.05, 0) is 51.4 Å². The number of rotatable bonds is 67. The van der Waals surface area contributed by atoms with Crippen molar-refractivity contribution in [3.63, 3.8) is 0 Å². The molecule has 0 fully saturated rings. The Bertz CT molecular complexity index is 1270. The lowest BCUT2D eigenvalue weighted by atomic mass is 10.0. The summed E-state index contributed by atoms with van der Waals surface area (Å²) in [6.07, 6.45) is 83.7. The quantitative estimate of drug-likeness (QED) is 0.0261. The maximum absolute atomic E-state index is 12.9. The molecule has 0 aliphatic heterocycles. The maximum atomic E-state index is 12.9. The molecule has 0 saturated heterocycles. The summed E-state index contributed by atoms with van der Waals surface area (Å²) >= 11 is 0. The molecule has 0 saturated carbocycles. The number of carbonyl (C=O) groups excluding carboxylic acids is 3. The molecule has 466 valence electrons. The van der Waals surface area contributed by atoms with Gasteiger partial charge in [0.05, 0.1) is 0 Å². The number of hydrogen-bond donors (Lipinski definition) is 0.